The molecule has 7 nitrogen and oxygen atoms in total. The van der Waals surface area contributed by atoms with E-state index in [1.807, 2.05) is 24.3 Å². The number of nitriles is 1. The number of aromatic nitrogens is 4. The maximum Gasteiger partial charge on any atom is 0.283 e. The monoisotopic (exact) mass is 428 g/mol. The molecule has 0 aliphatic heterocycles. The van der Waals surface area contributed by atoms with Crippen LogP contribution in [-0.4, -0.2) is 19.6 Å². The number of halogens is 2. The van der Waals surface area contributed by atoms with Crippen molar-refractivity contribution in [1.29, 1.82) is 5.26 Å². The van der Waals surface area contributed by atoms with Crippen LogP contribution in [0.5, 0.6) is 0 Å². The maximum atomic E-state index is 14.1. The molecular formula is C23H14F2N6O. The highest BCUT2D eigenvalue weighted by Crippen LogP contribution is 2.21. The molecule has 0 radical (unpaired) electrons. The molecule has 32 heavy (non-hydrogen) atoms. The van der Waals surface area contributed by atoms with Crippen LogP contribution in [0, 0.1) is 23.0 Å². The van der Waals surface area contributed by atoms with Crippen LogP contribution in [0.1, 0.15) is 11.1 Å². The predicted molar refractivity (Wildman–Crippen MR) is 115 cm³/mol. The number of hydrogen-bond donors (Lipinski definition) is 2. The van der Waals surface area contributed by atoms with E-state index in [0.29, 0.717) is 23.0 Å². The fourth-order valence-corrected chi connectivity index (χ4v) is 3.41. The van der Waals surface area contributed by atoms with Crippen molar-refractivity contribution < 1.29 is 8.78 Å². The number of nitrogens with zero attached hydrogens (tertiary/aromatic N) is 4. The van der Waals surface area contributed by atoms with Gasteiger partial charge in [-0.25, -0.2) is 8.78 Å². The molecule has 0 atom stereocenters. The summed E-state index contributed by atoms with van der Waals surface area (Å²) in [5.41, 5.74) is 2.50. The number of rotatable bonds is 4. The van der Waals surface area contributed by atoms with Gasteiger partial charge >= 0.3 is 0 Å². The number of hydrogen-bond acceptors (Lipinski definition) is 5. The first-order valence-electron chi connectivity index (χ1n) is 9.63. The van der Waals surface area contributed by atoms with Gasteiger partial charge < -0.3 is 10.3 Å². The van der Waals surface area contributed by atoms with Gasteiger partial charge in [-0.1, -0.05) is 6.07 Å². The number of H-pyrrole nitrogens is 1. The SMILES string of the molecule is N#Cc1ccc(NCc2ccc3c(=O)n4nc(-c5ccc(F)cc5F)nc4[nH]c3c2)cc1. The van der Waals surface area contributed by atoms with Gasteiger partial charge in [0.1, 0.15) is 11.6 Å². The largest absolute Gasteiger partial charge is 0.381 e. The van der Waals surface area contributed by atoms with Crippen LogP contribution in [0.15, 0.2) is 65.5 Å². The molecule has 0 amide bonds. The summed E-state index contributed by atoms with van der Waals surface area (Å²) in [5.74, 6) is -1.39. The predicted octanol–water partition coefficient (Wildman–Crippen LogP) is 4.00. The average Bonchev–Trinajstić information content (AvgIpc) is 3.22. The van der Waals surface area contributed by atoms with Gasteiger partial charge in [-0.3, -0.25) is 4.79 Å². The zero-order chi connectivity index (χ0) is 22.2. The first kappa shape index (κ1) is 19.4. The van der Waals surface area contributed by atoms with Gasteiger partial charge in [-0.05, 0) is 54.1 Å². The summed E-state index contributed by atoms with van der Waals surface area (Å²) in [7, 11) is 0. The Morgan fingerprint density at radius 1 is 1.06 bits per heavy atom. The highest BCUT2D eigenvalue weighted by atomic mass is 19.1. The lowest BCUT2D eigenvalue weighted by Gasteiger charge is -2.08. The van der Waals surface area contributed by atoms with Crippen LogP contribution >= 0.6 is 0 Å². The molecule has 0 bridgehead atoms. The normalized spacial score (nSPS) is 11.0. The van der Waals surface area contributed by atoms with Crippen LogP contribution in [0.4, 0.5) is 14.5 Å². The Labute approximate surface area is 179 Å². The van der Waals surface area contributed by atoms with E-state index in [1.165, 1.54) is 6.07 Å². The lowest BCUT2D eigenvalue weighted by Crippen LogP contribution is -2.15. The summed E-state index contributed by atoms with van der Waals surface area (Å²) >= 11 is 0. The van der Waals surface area contributed by atoms with Gasteiger partial charge in [-0.2, -0.15) is 14.8 Å². The van der Waals surface area contributed by atoms with E-state index in [0.717, 1.165) is 27.9 Å². The molecule has 156 valence electrons. The molecule has 2 aromatic heterocycles. The Morgan fingerprint density at radius 2 is 1.88 bits per heavy atom. The fraction of sp³-hybridized carbons (Fsp3) is 0.0435. The van der Waals surface area contributed by atoms with Gasteiger partial charge in [0, 0.05) is 18.3 Å². The number of anilines is 1. The summed E-state index contributed by atoms with van der Waals surface area (Å²) in [4.78, 5) is 20.1. The summed E-state index contributed by atoms with van der Waals surface area (Å²) in [6.45, 7) is 0.494. The highest BCUT2D eigenvalue weighted by molar-refractivity contribution is 5.80. The third-order valence-electron chi connectivity index (χ3n) is 5.04. The molecule has 2 N–H and O–H groups in total. The van der Waals surface area contributed by atoms with Crippen molar-refractivity contribution in [3.05, 3.63) is 93.8 Å². The molecule has 0 fully saturated rings. The molecule has 3 aromatic carbocycles. The van der Waals surface area contributed by atoms with Crippen LogP contribution in [0.3, 0.4) is 0 Å². The van der Waals surface area contributed by atoms with E-state index in [2.05, 4.69) is 26.5 Å². The van der Waals surface area contributed by atoms with Crippen molar-refractivity contribution in [2.75, 3.05) is 5.32 Å². The lowest BCUT2D eigenvalue weighted by atomic mass is 10.1. The number of fused-ring (bicyclic) bond motifs is 2. The molecule has 0 aliphatic rings. The summed E-state index contributed by atoms with van der Waals surface area (Å²) < 4.78 is 28.4. The fourth-order valence-electron chi connectivity index (χ4n) is 3.41. The van der Waals surface area contributed by atoms with Crippen molar-refractivity contribution in [3.63, 3.8) is 0 Å². The standard InChI is InChI=1S/C23H14F2N6O/c24-15-4-8-17(19(25)10-15)21-29-23-28-20-9-14(3-7-18(20)22(32)31(23)30-21)12-27-16-5-1-13(11-26)2-6-16/h1-10,27H,12H2,(H,28,29,30). The second kappa shape index (κ2) is 7.59. The van der Waals surface area contributed by atoms with Crippen molar-refractivity contribution in [1.82, 2.24) is 19.6 Å². The Hall–Kier alpha value is -4.58. The first-order valence-corrected chi connectivity index (χ1v) is 9.63. The van der Waals surface area contributed by atoms with Gasteiger partial charge in [0.2, 0.25) is 5.78 Å². The van der Waals surface area contributed by atoms with Crippen molar-refractivity contribution in [2.24, 2.45) is 0 Å². The topological polar surface area (TPSA) is 98.9 Å². The molecular weight excluding hydrogens is 414 g/mol. The molecule has 9 heteroatoms. The molecule has 0 unspecified atom stereocenters. The molecule has 5 aromatic rings. The van der Waals surface area contributed by atoms with Gasteiger partial charge in [0.25, 0.3) is 5.56 Å². The average molecular weight is 428 g/mol. The minimum atomic E-state index is -0.811. The second-order valence-corrected chi connectivity index (χ2v) is 7.15. The maximum absolute atomic E-state index is 14.1. The van der Waals surface area contributed by atoms with Gasteiger partial charge in [0.15, 0.2) is 5.82 Å². The Balaban J connectivity index is 1.49. The number of benzene rings is 3. The zero-order valence-corrected chi connectivity index (χ0v) is 16.4. The highest BCUT2D eigenvalue weighted by Gasteiger charge is 2.15. The summed E-state index contributed by atoms with van der Waals surface area (Å²) in [6.07, 6.45) is 0. The van der Waals surface area contributed by atoms with Gasteiger partial charge in [0.05, 0.1) is 28.1 Å². The molecule has 5 rings (SSSR count). The summed E-state index contributed by atoms with van der Waals surface area (Å²) in [5, 5.41) is 16.6. The molecule has 0 aliphatic carbocycles. The van der Waals surface area contributed by atoms with Crippen molar-refractivity contribution >= 4 is 22.4 Å². The summed E-state index contributed by atoms with van der Waals surface area (Å²) in [6, 6.07) is 17.6. The smallest absolute Gasteiger partial charge is 0.283 e. The minimum absolute atomic E-state index is 0.000684. The Morgan fingerprint density at radius 3 is 2.62 bits per heavy atom. The van der Waals surface area contributed by atoms with E-state index in [4.69, 9.17) is 5.26 Å². The second-order valence-electron chi connectivity index (χ2n) is 7.15. The van der Waals surface area contributed by atoms with Crippen LogP contribution < -0.4 is 10.9 Å². The Bertz CT molecular complexity index is 1580. The van der Waals surface area contributed by atoms with E-state index in [1.54, 1.807) is 18.2 Å². The zero-order valence-electron chi connectivity index (χ0n) is 16.4. The van der Waals surface area contributed by atoms with Crippen LogP contribution in [-0.2, 0) is 6.54 Å². The van der Waals surface area contributed by atoms with E-state index in [-0.39, 0.29) is 17.2 Å². The van der Waals surface area contributed by atoms with Crippen LogP contribution in [0.2, 0.25) is 0 Å². The Kier molecular flexibility index (Phi) is 4.60. The quantitative estimate of drug-likeness (QED) is 0.451. The molecule has 0 saturated carbocycles. The minimum Gasteiger partial charge on any atom is -0.381 e. The lowest BCUT2D eigenvalue weighted by molar-refractivity contribution is 0.585. The molecule has 0 saturated heterocycles. The van der Waals surface area contributed by atoms with E-state index >= 15 is 0 Å². The van der Waals surface area contributed by atoms with E-state index < -0.39 is 17.2 Å². The number of nitrogens with one attached hydrogen (secondary N) is 2. The molecule has 2 heterocycles. The van der Waals surface area contributed by atoms with Crippen LogP contribution in [0.25, 0.3) is 28.1 Å². The third kappa shape index (κ3) is 3.44. The first-order chi connectivity index (χ1) is 15.5. The van der Waals surface area contributed by atoms with Crippen molar-refractivity contribution in [3.8, 4) is 17.5 Å². The molecule has 0 spiro atoms. The number of aromatic amines is 1. The van der Waals surface area contributed by atoms with Crippen molar-refractivity contribution in [2.45, 2.75) is 6.54 Å². The third-order valence-corrected chi connectivity index (χ3v) is 5.04. The van der Waals surface area contributed by atoms with E-state index in [9.17, 15) is 13.6 Å². The van der Waals surface area contributed by atoms with Gasteiger partial charge in [-0.15, -0.1) is 5.10 Å².